The number of carbonyl (C=O) groups excluding carboxylic acids is 2. The number of nitrogens with zero attached hydrogens (tertiary/aromatic N) is 1. The molecular formula is C28H30FN3O7. The summed E-state index contributed by atoms with van der Waals surface area (Å²) in [6.07, 6.45) is 0. The zero-order valence-electron chi connectivity index (χ0n) is 21.6. The lowest BCUT2D eigenvalue weighted by molar-refractivity contribution is -0.144. The minimum atomic E-state index is -1.22. The number of amidine groups is 1. The molecule has 0 aromatic heterocycles. The van der Waals surface area contributed by atoms with E-state index >= 15 is 4.39 Å². The molecule has 3 aromatic carbocycles. The Morgan fingerprint density at radius 3 is 2.31 bits per heavy atom. The zero-order valence-corrected chi connectivity index (χ0v) is 21.6. The molecule has 11 heteroatoms. The maximum absolute atomic E-state index is 15.2. The smallest absolute Gasteiger partial charge is 0.365 e. The summed E-state index contributed by atoms with van der Waals surface area (Å²) >= 11 is 0. The van der Waals surface area contributed by atoms with Crippen LogP contribution in [0.15, 0.2) is 71.9 Å². The van der Waals surface area contributed by atoms with E-state index in [1.54, 1.807) is 68.4 Å². The second-order valence-corrected chi connectivity index (χ2v) is 7.95. The van der Waals surface area contributed by atoms with Gasteiger partial charge in [0.25, 0.3) is 0 Å². The number of oxime groups is 1. The normalized spacial score (nSPS) is 11.8. The van der Waals surface area contributed by atoms with Crippen LogP contribution in [0.4, 0.5) is 10.1 Å². The molecule has 0 aliphatic heterocycles. The number of ether oxygens (including phenoxy) is 3. The molecule has 0 aliphatic carbocycles. The van der Waals surface area contributed by atoms with Gasteiger partial charge in [-0.2, -0.15) is 0 Å². The van der Waals surface area contributed by atoms with E-state index in [0.29, 0.717) is 16.8 Å². The number of esters is 1. The SMILES string of the molecule is CCOC(=O)[C@@H](Nc1ccc(C(N)=NOC(=O)c2ccccc2)cc1)c1cc(OCC)c(OCCO)cc1F. The van der Waals surface area contributed by atoms with Crippen molar-refractivity contribution in [3.05, 3.63) is 89.2 Å². The molecule has 206 valence electrons. The van der Waals surface area contributed by atoms with Crippen LogP contribution in [-0.4, -0.2) is 49.3 Å². The highest BCUT2D eigenvalue weighted by molar-refractivity contribution is 5.98. The summed E-state index contributed by atoms with van der Waals surface area (Å²) in [4.78, 5) is 29.8. The molecule has 0 fully saturated rings. The van der Waals surface area contributed by atoms with Crippen molar-refractivity contribution >= 4 is 23.5 Å². The summed E-state index contributed by atoms with van der Waals surface area (Å²) in [6, 6.07) is 16.0. The van der Waals surface area contributed by atoms with Crippen LogP contribution in [0.5, 0.6) is 11.5 Å². The summed E-state index contributed by atoms with van der Waals surface area (Å²) in [6.45, 7) is 3.43. The average molecular weight is 540 g/mol. The number of aliphatic hydroxyl groups is 1. The lowest BCUT2D eigenvalue weighted by atomic mass is 10.0. The molecule has 0 saturated carbocycles. The summed E-state index contributed by atoms with van der Waals surface area (Å²) in [5, 5.41) is 15.7. The van der Waals surface area contributed by atoms with Crippen molar-refractivity contribution < 1.29 is 38.1 Å². The number of nitrogens with two attached hydrogens (primary N) is 1. The Labute approximate surface area is 225 Å². The van der Waals surface area contributed by atoms with E-state index in [0.717, 1.165) is 6.07 Å². The minimum Gasteiger partial charge on any atom is -0.490 e. The Balaban J connectivity index is 1.82. The van der Waals surface area contributed by atoms with Gasteiger partial charge in [-0.3, -0.25) is 0 Å². The first-order valence-corrected chi connectivity index (χ1v) is 12.2. The molecule has 10 nitrogen and oxygen atoms in total. The van der Waals surface area contributed by atoms with E-state index in [1.165, 1.54) is 6.07 Å². The van der Waals surface area contributed by atoms with Gasteiger partial charge in [-0.25, -0.2) is 14.0 Å². The average Bonchev–Trinajstić information content (AvgIpc) is 2.95. The molecule has 0 unspecified atom stereocenters. The number of hydrogen-bond donors (Lipinski definition) is 3. The number of aliphatic hydroxyl groups excluding tert-OH is 1. The van der Waals surface area contributed by atoms with Gasteiger partial charge in [0.05, 0.1) is 25.4 Å². The van der Waals surface area contributed by atoms with E-state index in [4.69, 9.17) is 29.9 Å². The van der Waals surface area contributed by atoms with Gasteiger partial charge in [-0.05, 0) is 56.3 Å². The number of rotatable bonds is 13. The number of carbonyl (C=O) groups is 2. The molecule has 3 rings (SSSR count). The lowest BCUT2D eigenvalue weighted by Crippen LogP contribution is -2.25. The molecule has 0 amide bonds. The maximum atomic E-state index is 15.2. The molecule has 1 atom stereocenters. The van der Waals surface area contributed by atoms with E-state index in [9.17, 15) is 9.59 Å². The first-order valence-electron chi connectivity index (χ1n) is 12.2. The Hall–Kier alpha value is -4.64. The van der Waals surface area contributed by atoms with Crippen LogP contribution in [0.1, 0.15) is 41.4 Å². The van der Waals surface area contributed by atoms with Crippen molar-refractivity contribution in [1.29, 1.82) is 0 Å². The third-order valence-electron chi connectivity index (χ3n) is 5.27. The lowest BCUT2D eigenvalue weighted by Gasteiger charge is -2.21. The molecule has 0 aliphatic rings. The highest BCUT2D eigenvalue weighted by atomic mass is 19.1. The van der Waals surface area contributed by atoms with Crippen molar-refractivity contribution in [3.63, 3.8) is 0 Å². The Morgan fingerprint density at radius 2 is 1.67 bits per heavy atom. The summed E-state index contributed by atoms with van der Waals surface area (Å²) in [7, 11) is 0. The highest BCUT2D eigenvalue weighted by Gasteiger charge is 2.27. The topological polar surface area (TPSA) is 142 Å². The van der Waals surface area contributed by atoms with Crippen molar-refractivity contribution in [1.82, 2.24) is 0 Å². The van der Waals surface area contributed by atoms with Crippen LogP contribution < -0.4 is 20.5 Å². The third kappa shape index (κ3) is 7.92. The van der Waals surface area contributed by atoms with Gasteiger partial charge in [-0.15, -0.1) is 0 Å². The van der Waals surface area contributed by atoms with Gasteiger partial charge in [0, 0.05) is 22.9 Å². The molecule has 39 heavy (non-hydrogen) atoms. The van der Waals surface area contributed by atoms with Crippen molar-refractivity contribution in [2.75, 3.05) is 31.7 Å². The van der Waals surface area contributed by atoms with Crippen LogP contribution in [-0.2, 0) is 14.4 Å². The van der Waals surface area contributed by atoms with E-state index in [2.05, 4.69) is 10.5 Å². The quantitative estimate of drug-likeness (QED) is 0.0972. The number of halogens is 1. The van der Waals surface area contributed by atoms with Crippen LogP contribution in [0.2, 0.25) is 0 Å². The Bertz CT molecular complexity index is 1280. The summed E-state index contributed by atoms with van der Waals surface area (Å²) in [5.74, 6) is -1.83. The van der Waals surface area contributed by atoms with Crippen LogP contribution >= 0.6 is 0 Å². The second-order valence-electron chi connectivity index (χ2n) is 7.95. The fourth-order valence-corrected chi connectivity index (χ4v) is 3.47. The van der Waals surface area contributed by atoms with Crippen LogP contribution in [0, 0.1) is 5.82 Å². The number of nitrogens with one attached hydrogen (secondary N) is 1. The molecule has 3 aromatic rings. The fraction of sp³-hybridized carbons (Fsp3) is 0.250. The molecule has 4 N–H and O–H groups in total. The van der Waals surface area contributed by atoms with Gasteiger partial charge in [0.15, 0.2) is 23.4 Å². The van der Waals surface area contributed by atoms with Crippen LogP contribution in [0.25, 0.3) is 0 Å². The summed E-state index contributed by atoms with van der Waals surface area (Å²) in [5.41, 5.74) is 7.15. The molecule has 0 saturated heterocycles. The molecule has 0 bridgehead atoms. The van der Waals surface area contributed by atoms with E-state index < -0.39 is 23.8 Å². The fourth-order valence-electron chi connectivity index (χ4n) is 3.47. The van der Waals surface area contributed by atoms with Crippen molar-refractivity contribution in [3.8, 4) is 11.5 Å². The molecular weight excluding hydrogens is 509 g/mol. The predicted molar refractivity (Wildman–Crippen MR) is 142 cm³/mol. The second kappa shape index (κ2) is 14.3. The number of benzene rings is 3. The third-order valence-corrected chi connectivity index (χ3v) is 5.27. The van der Waals surface area contributed by atoms with E-state index in [-0.39, 0.29) is 49.3 Å². The van der Waals surface area contributed by atoms with Gasteiger partial charge < -0.3 is 35.2 Å². The first-order chi connectivity index (χ1) is 18.9. The van der Waals surface area contributed by atoms with Crippen molar-refractivity contribution in [2.24, 2.45) is 10.9 Å². The monoisotopic (exact) mass is 539 g/mol. The Morgan fingerprint density at radius 1 is 0.974 bits per heavy atom. The molecule has 0 radical (unpaired) electrons. The van der Waals surface area contributed by atoms with Gasteiger partial charge >= 0.3 is 11.9 Å². The van der Waals surface area contributed by atoms with Crippen LogP contribution in [0.3, 0.4) is 0 Å². The van der Waals surface area contributed by atoms with Crippen molar-refractivity contribution in [2.45, 2.75) is 19.9 Å². The van der Waals surface area contributed by atoms with E-state index in [1.807, 2.05) is 0 Å². The standard InChI is InChI=1S/C28H30FN3O7/c1-3-36-23-16-21(22(29)17-24(23)38-15-14-33)25(28(35)37-4-2)31-20-12-10-18(11-13-20)26(30)32-39-27(34)19-8-6-5-7-9-19/h5-13,16-17,25,31,33H,3-4,14-15H2,1-2H3,(H2,30,32)/t25-/m0/s1. The summed E-state index contributed by atoms with van der Waals surface area (Å²) < 4.78 is 31.3. The largest absolute Gasteiger partial charge is 0.490 e. The van der Waals surface area contributed by atoms with Gasteiger partial charge in [0.2, 0.25) is 0 Å². The Kier molecular flexibility index (Phi) is 10.6. The zero-order chi connectivity index (χ0) is 28.2. The van der Waals surface area contributed by atoms with Gasteiger partial charge in [0.1, 0.15) is 12.4 Å². The minimum absolute atomic E-state index is 0.0220. The molecule has 0 heterocycles. The molecule has 0 spiro atoms. The number of hydrogen-bond acceptors (Lipinski definition) is 9. The highest BCUT2D eigenvalue weighted by Crippen LogP contribution is 2.35. The maximum Gasteiger partial charge on any atom is 0.365 e. The number of anilines is 1. The van der Waals surface area contributed by atoms with Gasteiger partial charge in [-0.1, -0.05) is 23.4 Å². The first kappa shape index (κ1) is 28.9. The predicted octanol–water partition coefficient (Wildman–Crippen LogP) is 3.79.